The first-order chi connectivity index (χ1) is 7.63. The zero-order valence-electron chi connectivity index (χ0n) is 11.6. The maximum absolute atomic E-state index is 6.03. The van der Waals surface area contributed by atoms with Gasteiger partial charge in [-0.1, -0.05) is 40.5 Å². The minimum absolute atomic E-state index is 0.616. The summed E-state index contributed by atoms with van der Waals surface area (Å²) in [5.41, 5.74) is 6.03. The quantitative estimate of drug-likeness (QED) is 0.689. The van der Waals surface area contributed by atoms with Crippen molar-refractivity contribution in [2.45, 2.75) is 65.5 Å². The van der Waals surface area contributed by atoms with Crippen molar-refractivity contribution in [2.24, 2.45) is 17.6 Å². The van der Waals surface area contributed by atoms with Crippen LogP contribution in [0.5, 0.6) is 0 Å². The largest absolute Gasteiger partial charge is 0.329 e. The summed E-state index contributed by atoms with van der Waals surface area (Å²) in [5.74, 6) is 1.54. The third-order valence-corrected chi connectivity index (χ3v) is 3.85. The van der Waals surface area contributed by atoms with Gasteiger partial charge in [0, 0.05) is 25.2 Å². The minimum atomic E-state index is 0.616. The van der Waals surface area contributed by atoms with E-state index in [1.54, 1.807) is 0 Å². The van der Waals surface area contributed by atoms with Crippen LogP contribution in [0.15, 0.2) is 0 Å². The summed E-state index contributed by atoms with van der Waals surface area (Å²) >= 11 is 0. The SMILES string of the molecule is CCC(CC)C(CN)N(CC(C)C)C1CC1. The molecule has 1 aliphatic rings. The van der Waals surface area contributed by atoms with Crippen LogP contribution in [0.2, 0.25) is 0 Å². The van der Waals surface area contributed by atoms with Crippen molar-refractivity contribution in [3.8, 4) is 0 Å². The van der Waals surface area contributed by atoms with Crippen LogP contribution >= 0.6 is 0 Å². The van der Waals surface area contributed by atoms with Gasteiger partial charge < -0.3 is 5.73 Å². The topological polar surface area (TPSA) is 29.3 Å². The Morgan fingerprint density at radius 3 is 2.06 bits per heavy atom. The van der Waals surface area contributed by atoms with Crippen LogP contribution in [0.25, 0.3) is 0 Å². The van der Waals surface area contributed by atoms with Gasteiger partial charge in [0.25, 0.3) is 0 Å². The molecule has 1 saturated carbocycles. The molecule has 0 radical (unpaired) electrons. The highest BCUT2D eigenvalue weighted by molar-refractivity contribution is 4.91. The van der Waals surface area contributed by atoms with Crippen molar-refractivity contribution in [3.63, 3.8) is 0 Å². The molecule has 0 aromatic rings. The van der Waals surface area contributed by atoms with E-state index in [4.69, 9.17) is 5.73 Å². The van der Waals surface area contributed by atoms with Gasteiger partial charge in [0.05, 0.1) is 0 Å². The monoisotopic (exact) mass is 226 g/mol. The van der Waals surface area contributed by atoms with Gasteiger partial charge in [-0.2, -0.15) is 0 Å². The lowest BCUT2D eigenvalue weighted by molar-refractivity contribution is 0.116. The molecule has 0 amide bonds. The number of hydrogen-bond acceptors (Lipinski definition) is 2. The number of nitrogens with two attached hydrogens (primary N) is 1. The summed E-state index contributed by atoms with van der Waals surface area (Å²) in [6.45, 7) is 11.3. The van der Waals surface area contributed by atoms with Crippen LogP contribution < -0.4 is 5.73 Å². The molecule has 0 spiro atoms. The number of hydrogen-bond donors (Lipinski definition) is 1. The molecule has 1 aliphatic carbocycles. The van der Waals surface area contributed by atoms with Crippen molar-refractivity contribution in [1.29, 1.82) is 0 Å². The fourth-order valence-corrected chi connectivity index (χ4v) is 2.81. The molecule has 0 heterocycles. The van der Waals surface area contributed by atoms with Gasteiger partial charge in [-0.05, 0) is 24.7 Å². The molecule has 96 valence electrons. The molecule has 2 nitrogen and oxygen atoms in total. The first-order valence-electron chi connectivity index (χ1n) is 7.09. The Kier molecular flexibility index (Phi) is 5.77. The Bertz CT molecular complexity index is 183. The summed E-state index contributed by atoms with van der Waals surface area (Å²) in [6.07, 6.45) is 5.31. The standard InChI is InChI=1S/C14H30N2/c1-5-12(6-2)14(9-15)16(10-11(3)4)13-7-8-13/h11-14H,5-10,15H2,1-4H3. The van der Waals surface area contributed by atoms with Crippen LogP contribution in [0.4, 0.5) is 0 Å². The third-order valence-electron chi connectivity index (χ3n) is 3.85. The van der Waals surface area contributed by atoms with Gasteiger partial charge in [0.2, 0.25) is 0 Å². The average molecular weight is 226 g/mol. The summed E-state index contributed by atoms with van der Waals surface area (Å²) < 4.78 is 0. The highest BCUT2D eigenvalue weighted by Crippen LogP contribution is 2.32. The number of nitrogens with zero attached hydrogens (tertiary/aromatic N) is 1. The second kappa shape index (κ2) is 6.61. The van der Waals surface area contributed by atoms with E-state index in [1.807, 2.05) is 0 Å². The second-order valence-electron chi connectivity index (χ2n) is 5.70. The fraction of sp³-hybridized carbons (Fsp3) is 1.00. The van der Waals surface area contributed by atoms with Crippen LogP contribution in [0.3, 0.4) is 0 Å². The average Bonchev–Trinajstić information content (AvgIpc) is 3.06. The van der Waals surface area contributed by atoms with E-state index < -0.39 is 0 Å². The molecular formula is C14H30N2. The minimum Gasteiger partial charge on any atom is -0.329 e. The second-order valence-corrected chi connectivity index (χ2v) is 5.70. The van der Waals surface area contributed by atoms with E-state index in [0.717, 1.165) is 24.4 Å². The van der Waals surface area contributed by atoms with Gasteiger partial charge in [0.15, 0.2) is 0 Å². The Morgan fingerprint density at radius 2 is 1.75 bits per heavy atom. The number of rotatable bonds is 8. The molecule has 1 unspecified atom stereocenters. The maximum atomic E-state index is 6.03. The Morgan fingerprint density at radius 1 is 1.19 bits per heavy atom. The fourth-order valence-electron chi connectivity index (χ4n) is 2.81. The summed E-state index contributed by atoms with van der Waals surface area (Å²) in [5, 5.41) is 0. The van der Waals surface area contributed by atoms with Gasteiger partial charge in [-0.3, -0.25) is 4.90 Å². The molecular weight excluding hydrogens is 196 g/mol. The van der Waals surface area contributed by atoms with E-state index in [0.29, 0.717) is 6.04 Å². The van der Waals surface area contributed by atoms with Crippen molar-refractivity contribution in [1.82, 2.24) is 4.90 Å². The third kappa shape index (κ3) is 3.74. The van der Waals surface area contributed by atoms with E-state index >= 15 is 0 Å². The smallest absolute Gasteiger partial charge is 0.0249 e. The molecule has 1 rings (SSSR count). The maximum Gasteiger partial charge on any atom is 0.0249 e. The molecule has 0 aromatic carbocycles. The molecule has 0 aromatic heterocycles. The van der Waals surface area contributed by atoms with Crippen LogP contribution in [-0.2, 0) is 0 Å². The predicted octanol–water partition coefficient (Wildman–Crippen LogP) is 2.87. The highest BCUT2D eigenvalue weighted by atomic mass is 15.2. The molecule has 2 N–H and O–H groups in total. The lowest BCUT2D eigenvalue weighted by Crippen LogP contribution is -2.48. The van der Waals surface area contributed by atoms with Crippen molar-refractivity contribution >= 4 is 0 Å². The Labute approximate surface area is 102 Å². The van der Waals surface area contributed by atoms with E-state index in [2.05, 4.69) is 32.6 Å². The zero-order valence-corrected chi connectivity index (χ0v) is 11.6. The predicted molar refractivity (Wildman–Crippen MR) is 71.5 cm³/mol. The summed E-state index contributed by atoms with van der Waals surface area (Å²) in [7, 11) is 0. The zero-order chi connectivity index (χ0) is 12.1. The normalized spacial score (nSPS) is 18.8. The Hall–Kier alpha value is -0.0800. The molecule has 16 heavy (non-hydrogen) atoms. The molecule has 2 heteroatoms. The van der Waals surface area contributed by atoms with Crippen molar-refractivity contribution in [3.05, 3.63) is 0 Å². The molecule has 0 bridgehead atoms. The molecule has 0 saturated heterocycles. The van der Waals surface area contributed by atoms with Gasteiger partial charge in [0.1, 0.15) is 0 Å². The molecule has 1 fully saturated rings. The molecule has 1 atom stereocenters. The van der Waals surface area contributed by atoms with Crippen molar-refractivity contribution < 1.29 is 0 Å². The first kappa shape index (κ1) is 14.0. The van der Waals surface area contributed by atoms with Crippen molar-refractivity contribution in [2.75, 3.05) is 13.1 Å². The lowest BCUT2D eigenvalue weighted by atomic mass is 9.92. The lowest BCUT2D eigenvalue weighted by Gasteiger charge is -2.37. The first-order valence-corrected chi connectivity index (χ1v) is 7.09. The summed E-state index contributed by atoms with van der Waals surface area (Å²) in [6, 6.07) is 1.46. The van der Waals surface area contributed by atoms with Crippen LogP contribution in [-0.4, -0.2) is 30.1 Å². The van der Waals surface area contributed by atoms with Crippen LogP contribution in [0, 0.1) is 11.8 Å². The van der Waals surface area contributed by atoms with E-state index in [9.17, 15) is 0 Å². The van der Waals surface area contributed by atoms with E-state index in [-0.39, 0.29) is 0 Å². The summed E-state index contributed by atoms with van der Waals surface area (Å²) in [4.78, 5) is 2.71. The molecule has 0 aliphatic heterocycles. The van der Waals surface area contributed by atoms with Gasteiger partial charge in [-0.15, -0.1) is 0 Å². The van der Waals surface area contributed by atoms with Gasteiger partial charge >= 0.3 is 0 Å². The van der Waals surface area contributed by atoms with Crippen LogP contribution in [0.1, 0.15) is 53.4 Å². The Balaban J connectivity index is 2.64. The highest BCUT2D eigenvalue weighted by Gasteiger charge is 2.35. The van der Waals surface area contributed by atoms with Gasteiger partial charge in [-0.25, -0.2) is 0 Å². The van der Waals surface area contributed by atoms with E-state index in [1.165, 1.54) is 32.2 Å².